The largest absolute Gasteiger partial charge is 0.477 e. The van der Waals surface area contributed by atoms with E-state index in [-0.39, 0.29) is 17.2 Å². The summed E-state index contributed by atoms with van der Waals surface area (Å²) in [4.78, 5) is 41.9. The van der Waals surface area contributed by atoms with Crippen molar-refractivity contribution >= 4 is 23.5 Å². The molecule has 2 aromatic rings. The minimum Gasteiger partial charge on any atom is -0.477 e. The van der Waals surface area contributed by atoms with Crippen LogP contribution in [0.5, 0.6) is 0 Å². The average Bonchev–Trinajstić information content (AvgIpc) is 3.16. The van der Waals surface area contributed by atoms with Crippen molar-refractivity contribution in [2.75, 3.05) is 18.4 Å². The summed E-state index contributed by atoms with van der Waals surface area (Å²) in [6.07, 6.45) is 3.23. The molecule has 134 valence electrons. The Labute approximate surface area is 150 Å². The van der Waals surface area contributed by atoms with E-state index in [9.17, 15) is 14.4 Å². The number of carboxylic acids is 1. The van der Waals surface area contributed by atoms with E-state index in [1.54, 1.807) is 17.0 Å². The summed E-state index contributed by atoms with van der Waals surface area (Å²) in [5.41, 5.74) is 1.62. The molecule has 1 saturated heterocycles. The van der Waals surface area contributed by atoms with E-state index in [0.717, 1.165) is 18.4 Å². The molecule has 0 unspecified atom stereocenters. The average molecular weight is 353 g/mol. The standard InChI is InChI=1S/C19H19N3O4/c1-12-5-4-6-14(16(12)18(24)22-9-2-3-10-22)21-17(23)13-7-8-20-15(11-13)19(25)26/h4-8,11H,2-3,9-10H2,1H3,(H,21,23)(H,25,26). The van der Waals surface area contributed by atoms with Crippen LogP contribution in [0.25, 0.3) is 0 Å². The van der Waals surface area contributed by atoms with Gasteiger partial charge >= 0.3 is 5.97 Å². The Morgan fingerprint density at radius 2 is 1.88 bits per heavy atom. The van der Waals surface area contributed by atoms with Crippen LogP contribution in [0.3, 0.4) is 0 Å². The molecule has 2 heterocycles. The number of nitrogens with one attached hydrogen (secondary N) is 1. The molecule has 2 amide bonds. The van der Waals surface area contributed by atoms with Gasteiger partial charge in [0.15, 0.2) is 0 Å². The van der Waals surface area contributed by atoms with Crippen molar-refractivity contribution in [2.24, 2.45) is 0 Å². The Hall–Kier alpha value is -3.22. The number of nitrogens with zero attached hydrogens (tertiary/aromatic N) is 2. The molecule has 0 spiro atoms. The number of hydrogen-bond acceptors (Lipinski definition) is 4. The van der Waals surface area contributed by atoms with Gasteiger partial charge in [-0.1, -0.05) is 12.1 Å². The molecule has 0 atom stereocenters. The molecule has 7 nitrogen and oxygen atoms in total. The first-order valence-electron chi connectivity index (χ1n) is 8.37. The topological polar surface area (TPSA) is 99.6 Å². The van der Waals surface area contributed by atoms with Crippen molar-refractivity contribution < 1.29 is 19.5 Å². The van der Waals surface area contributed by atoms with Crippen LogP contribution < -0.4 is 5.32 Å². The smallest absolute Gasteiger partial charge is 0.354 e. The van der Waals surface area contributed by atoms with E-state index < -0.39 is 11.9 Å². The van der Waals surface area contributed by atoms with Crippen molar-refractivity contribution in [3.8, 4) is 0 Å². The van der Waals surface area contributed by atoms with Crippen molar-refractivity contribution in [3.63, 3.8) is 0 Å². The number of amides is 2. The van der Waals surface area contributed by atoms with Gasteiger partial charge in [-0.25, -0.2) is 9.78 Å². The van der Waals surface area contributed by atoms with Gasteiger partial charge < -0.3 is 15.3 Å². The van der Waals surface area contributed by atoms with Crippen LogP contribution in [0, 0.1) is 6.92 Å². The van der Waals surface area contributed by atoms with Crippen molar-refractivity contribution in [3.05, 3.63) is 58.9 Å². The predicted octanol–water partition coefficient (Wildman–Crippen LogP) is 2.58. The zero-order chi connectivity index (χ0) is 18.7. The number of aromatic carboxylic acids is 1. The van der Waals surface area contributed by atoms with Crippen LogP contribution in [0.4, 0.5) is 5.69 Å². The number of aromatic nitrogens is 1. The minimum atomic E-state index is -1.21. The Morgan fingerprint density at radius 3 is 2.58 bits per heavy atom. The molecule has 1 fully saturated rings. The predicted molar refractivity (Wildman–Crippen MR) is 95.5 cm³/mol. The lowest BCUT2D eigenvalue weighted by molar-refractivity contribution is 0.0689. The lowest BCUT2D eigenvalue weighted by Gasteiger charge is -2.19. The van der Waals surface area contributed by atoms with Gasteiger partial charge in [-0.3, -0.25) is 9.59 Å². The number of likely N-dealkylation sites (tertiary alicyclic amines) is 1. The number of hydrogen-bond donors (Lipinski definition) is 2. The van der Waals surface area contributed by atoms with E-state index in [1.165, 1.54) is 18.3 Å². The quantitative estimate of drug-likeness (QED) is 0.880. The maximum absolute atomic E-state index is 12.8. The summed E-state index contributed by atoms with van der Waals surface area (Å²) in [5.74, 6) is -1.80. The molecule has 3 rings (SSSR count). The summed E-state index contributed by atoms with van der Waals surface area (Å²) in [6, 6.07) is 7.90. The highest BCUT2D eigenvalue weighted by Crippen LogP contribution is 2.24. The summed E-state index contributed by atoms with van der Waals surface area (Å²) >= 11 is 0. The molecule has 7 heteroatoms. The third-order valence-electron chi connectivity index (χ3n) is 4.37. The SMILES string of the molecule is Cc1cccc(NC(=O)c2ccnc(C(=O)O)c2)c1C(=O)N1CCCC1. The number of carbonyl (C=O) groups is 3. The Kier molecular flexibility index (Phi) is 4.97. The molecule has 1 aliphatic rings. The van der Waals surface area contributed by atoms with E-state index in [1.807, 2.05) is 13.0 Å². The summed E-state index contributed by atoms with van der Waals surface area (Å²) in [5, 5.41) is 11.7. The van der Waals surface area contributed by atoms with Crippen LogP contribution in [0.15, 0.2) is 36.5 Å². The molecular formula is C19H19N3O4. The molecule has 1 aliphatic heterocycles. The summed E-state index contributed by atoms with van der Waals surface area (Å²) < 4.78 is 0. The molecule has 0 radical (unpaired) electrons. The van der Waals surface area contributed by atoms with Gasteiger partial charge in [0.2, 0.25) is 0 Å². The van der Waals surface area contributed by atoms with Crippen LogP contribution in [0.2, 0.25) is 0 Å². The molecule has 1 aromatic heterocycles. The fourth-order valence-electron chi connectivity index (χ4n) is 3.02. The summed E-state index contributed by atoms with van der Waals surface area (Å²) in [7, 11) is 0. The minimum absolute atomic E-state index is 0.100. The van der Waals surface area contributed by atoms with Crippen molar-refractivity contribution in [1.29, 1.82) is 0 Å². The van der Waals surface area contributed by atoms with Crippen molar-refractivity contribution in [2.45, 2.75) is 19.8 Å². The number of carbonyl (C=O) groups excluding carboxylic acids is 2. The van der Waals surface area contributed by atoms with Gasteiger partial charge in [0.05, 0.1) is 11.3 Å². The fourth-order valence-corrected chi connectivity index (χ4v) is 3.02. The van der Waals surface area contributed by atoms with Crippen LogP contribution in [-0.4, -0.2) is 45.9 Å². The van der Waals surface area contributed by atoms with Crippen LogP contribution in [-0.2, 0) is 0 Å². The first kappa shape index (κ1) is 17.6. The van der Waals surface area contributed by atoms with E-state index in [4.69, 9.17) is 5.11 Å². The molecule has 2 N–H and O–H groups in total. The van der Waals surface area contributed by atoms with Crippen LogP contribution >= 0.6 is 0 Å². The first-order valence-corrected chi connectivity index (χ1v) is 8.37. The van der Waals surface area contributed by atoms with Gasteiger partial charge in [0.25, 0.3) is 11.8 Å². The third kappa shape index (κ3) is 3.56. The maximum Gasteiger partial charge on any atom is 0.354 e. The maximum atomic E-state index is 12.8. The Morgan fingerprint density at radius 1 is 1.15 bits per heavy atom. The second kappa shape index (κ2) is 7.35. The van der Waals surface area contributed by atoms with E-state index in [0.29, 0.717) is 24.3 Å². The zero-order valence-electron chi connectivity index (χ0n) is 14.4. The monoisotopic (exact) mass is 353 g/mol. The lowest BCUT2D eigenvalue weighted by atomic mass is 10.0. The second-order valence-electron chi connectivity index (χ2n) is 6.19. The normalized spacial score (nSPS) is 13.5. The van der Waals surface area contributed by atoms with Gasteiger partial charge in [0, 0.05) is 24.8 Å². The Bertz CT molecular complexity index is 873. The first-order chi connectivity index (χ1) is 12.5. The molecule has 26 heavy (non-hydrogen) atoms. The highest BCUT2D eigenvalue weighted by Gasteiger charge is 2.24. The molecule has 0 aliphatic carbocycles. The zero-order valence-corrected chi connectivity index (χ0v) is 14.4. The van der Waals surface area contributed by atoms with Gasteiger partial charge in [-0.2, -0.15) is 0 Å². The summed E-state index contributed by atoms with van der Waals surface area (Å²) in [6.45, 7) is 3.26. The van der Waals surface area contributed by atoms with Crippen LogP contribution in [0.1, 0.15) is 49.6 Å². The highest BCUT2D eigenvalue weighted by atomic mass is 16.4. The second-order valence-corrected chi connectivity index (χ2v) is 6.19. The fraction of sp³-hybridized carbons (Fsp3) is 0.263. The van der Waals surface area contributed by atoms with Gasteiger partial charge in [-0.15, -0.1) is 0 Å². The third-order valence-corrected chi connectivity index (χ3v) is 4.37. The molecule has 0 bridgehead atoms. The highest BCUT2D eigenvalue weighted by molar-refractivity contribution is 6.10. The number of pyridine rings is 1. The van der Waals surface area contributed by atoms with E-state index >= 15 is 0 Å². The van der Waals surface area contributed by atoms with Gasteiger partial charge in [0.1, 0.15) is 5.69 Å². The van der Waals surface area contributed by atoms with Gasteiger partial charge in [-0.05, 0) is 43.5 Å². The number of aryl methyl sites for hydroxylation is 1. The number of benzene rings is 1. The molecule has 1 aromatic carbocycles. The number of carboxylic acid groups (broad SMARTS) is 1. The van der Waals surface area contributed by atoms with E-state index in [2.05, 4.69) is 10.3 Å². The number of rotatable bonds is 4. The molecule has 0 saturated carbocycles. The Balaban J connectivity index is 1.89. The van der Waals surface area contributed by atoms with Crippen molar-refractivity contribution in [1.82, 2.24) is 9.88 Å². The number of anilines is 1. The lowest BCUT2D eigenvalue weighted by Crippen LogP contribution is -2.29. The molecular weight excluding hydrogens is 334 g/mol.